The fourth-order valence-corrected chi connectivity index (χ4v) is 3.40. The Kier molecular flexibility index (Phi) is 4.43. The van der Waals surface area contributed by atoms with E-state index in [1.165, 1.54) is 5.57 Å². The number of nitriles is 1. The predicted molar refractivity (Wildman–Crippen MR) is 82.8 cm³/mol. The van der Waals surface area contributed by atoms with Gasteiger partial charge in [0.1, 0.15) is 6.61 Å². The van der Waals surface area contributed by atoms with Gasteiger partial charge in [-0.25, -0.2) is 4.79 Å². The molecule has 1 amide bonds. The van der Waals surface area contributed by atoms with E-state index in [-0.39, 0.29) is 18.2 Å². The molecular weight excluding hydrogens is 276 g/mol. The Morgan fingerprint density at radius 2 is 2.14 bits per heavy atom. The average molecular weight is 296 g/mol. The van der Waals surface area contributed by atoms with Crippen molar-refractivity contribution in [3.05, 3.63) is 47.5 Å². The van der Waals surface area contributed by atoms with E-state index in [0.29, 0.717) is 13.0 Å². The lowest BCUT2D eigenvalue weighted by Gasteiger charge is -2.33. The van der Waals surface area contributed by atoms with E-state index in [1.807, 2.05) is 35.2 Å². The summed E-state index contributed by atoms with van der Waals surface area (Å²) >= 11 is 0. The molecular formula is C18H20N2O2. The van der Waals surface area contributed by atoms with Crippen LogP contribution in [-0.4, -0.2) is 23.1 Å². The molecule has 1 aromatic rings. The Hall–Kier alpha value is -2.28. The molecule has 2 aliphatic rings. The minimum atomic E-state index is -0.216. The summed E-state index contributed by atoms with van der Waals surface area (Å²) in [6.45, 7) is 0.320. The van der Waals surface area contributed by atoms with Crippen molar-refractivity contribution < 1.29 is 9.53 Å². The molecule has 1 fully saturated rings. The van der Waals surface area contributed by atoms with Crippen LogP contribution in [0, 0.1) is 11.3 Å². The van der Waals surface area contributed by atoms with Gasteiger partial charge in [0, 0.05) is 12.5 Å². The van der Waals surface area contributed by atoms with Gasteiger partial charge >= 0.3 is 6.09 Å². The van der Waals surface area contributed by atoms with E-state index in [2.05, 4.69) is 12.1 Å². The summed E-state index contributed by atoms with van der Waals surface area (Å²) in [4.78, 5) is 14.3. The molecule has 3 rings (SSSR count). The first-order valence-corrected chi connectivity index (χ1v) is 7.83. The molecule has 4 nitrogen and oxygen atoms in total. The third-order valence-corrected chi connectivity index (χ3v) is 4.45. The van der Waals surface area contributed by atoms with E-state index >= 15 is 0 Å². The van der Waals surface area contributed by atoms with Crippen LogP contribution >= 0.6 is 0 Å². The summed E-state index contributed by atoms with van der Waals surface area (Å²) in [5.74, 6) is 0. The van der Waals surface area contributed by atoms with Gasteiger partial charge in [0.05, 0.1) is 12.1 Å². The van der Waals surface area contributed by atoms with Gasteiger partial charge in [-0.05, 0) is 31.2 Å². The number of ether oxygens (including phenoxy) is 1. The van der Waals surface area contributed by atoms with Crippen LogP contribution in [0.4, 0.5) is 4.79 Å². The highest BCUT2D eigenvalue weighted by Gasteiger charge is 2.40. The van der Waals surface area contributed by atoms with Crippen LogP contribution in [0.1, 0.15) is 37.7 Å². The van der Waals surface area contributed by atoms with Crippen LogP contribution in [0.3, 0.4) is 0 Å². The number of rotatable bonds is 4. The molecule has 2 aliphatic heterocycles. The zero-order valence-electron chi connectivity index (χ0n) is 12.6. The number of hydrogen-bond acceptors (Lipinski definition) is 3. The lowest BCUT2D eigenvalue weighted by atomic mass is 9.98. The Morgan fingerprint density at radius 1 is 1.32 bits per heavy atom. The highest BCUT2D eigenvalue weighted by atomic mass is 16.6. The van der Waals surface area contributed by atoms with E-state index in [1.54, 1.807) is 0 Å². The van der Waals surface area contributed by atoms with Crippen LogP contribution in [0.2, 0.25) is 0 Å². The summed E-state index contributed by atoms with van der Waals surface area (Å²) in [7, 11) is 0. The fourth-order valence-electron chi connectivity index (χ4n) is 3.40. The van der Waals surface area contributed by atoms with Crippen LogP contribution < -0.4 is 0 Å². The van der Waals surface area contributed by atoms with Crippen molar-refractivity contribution in [3.8, 4) is 6.07 Å². The third kappa shape index (κ3) is 3.14. The van der Waals surface area contributed by atoms with Crippen molar-refractivity contribution in [3.63, 3.8) is 0 Å². The molecule has 2 bridgehead atoms. The van der Waals surface area contributed by atoms with Crippen LogP contribution in [0.15, 0.2) is 42.0 Å². The molecule has 0 radical (unpaired) electrons. The summed E-state index contributed by atoms with van der Waals surface area (Å²) in [5, 5.41) is 8.70. The fraction of sp³-hybridized carbons (Fsp3) is 0.444. The quantitative estimate of drug-likeness (QED) is 0.794. The highest BCUT2D eigenvalue weighted by Crippen LogP contribution is 2.36. The first-order valence-electron chi connectivity index (χ1n) is 7.83. The molecule has 4 heteroatoms. The van der Waals surface area contributed by atoms with Gasteiger partial charge in [-0.1, -0.05) is 42.0 Å². The third-order valence-electron chi connectivity index (χ3n) is 4.45. The molecule has 2 atom stereocenters. The SMILES string of the molecule is N#CCCC1=CC2CCC(C1)N2C(=O)OCc1ccccc1. The Bertz CT molecular complexity index is 603. The minimum absolute atomic E-state index is 0.149. The molecule has 22 heavy (non-hydrogen) atoms. The maximum absolute atomic E-state index is 12.4. The largest absolute Gasteiger partial charge is 0.445 e. The summed E-state index contributed by atoms with van der Waals surface area (Å²) in [5.41, 5.74) is 2.33. The molecule has 0 aliphatic carbocycles. The second-order valence-corrected chi connectivity index (χ2v) is 5.93. The molecule has 2 heterocycles. The van der Waals surface area contributed by atoms with Gasteiger partial charge < -0.3 is 4.74 Å². The van der Waals surface area contributed by atoms with Crippen molar-refractivity contribution in [2.45, 2.75) is 50.8 Å². The highest BCUT2D eigenvalue weighted by molar-refractivity contribution is 5.70. The van der Waals surface area contributed by atoms with E-state index in [4.69, 9.17) is 10.00 Å². The van der Waals surface area contributed by atoms with E-state index < -0.39 is 0 Å². The number of carbonyl (C=O) groups is 1. The Balaban J connectivity index is 1.60. The number of fused-ring (bicyclic) bond motifs is 2. The standard InChI is InChI=1S/C18H20N2O2/c19-10-4-7-15-11-16-8-9-17(12-15)20(16)18(21)22-13-14-5-2-1-3-6-14/h1-3,5-6,11,16-17H,4,7-9,12-13H2. The molecule has 0 spiro atoms. The van der Waals surface area contributed by atoms with E-state index in [9.17, 15) is 4.79 Å². The van der Waals surface area contributed by atoms with Crippen LogP contribution in [-0.2, 0) is 11.3 Å². The molecule has 2 unspecified atom stereocenters. The van der Waals surface area contributed by atoms with Gasteiger partial charge in [0.2, 0.25) is 0 Å². The molecule has 114 valence electrons. The van der Waals surface area contributed by atoms with Crippen LogP contribution in [0.5, 0.6) is 0 Å². The topological polar surface area (TPSA) is 53.3 Å². The van der Waals surface area contributed by atoms with Crippen molar-refractivity contribution in [2.75, 3.05) is 0 Å². The van der Waals surface area contributed by atoms with Gasteiger partial charge in [-0.3, -0.25) is 4.90 Å². The second kappa shape index (κ2) is 6.65. The molecule has 0 aromatic heterocycles. The molecule has 0 N–H and O–H groups in total. The lowest BCUT2D eigenvalue weighted by Crippen LogP contribution is -2.43. The van der Waals surface area contributed by atoms with Crippen molar-refractivity contribution in [1.82, 2.24) is 4.90 Å². The van der Waals surface area contributed by atoms with Gasteiger partial charge in [0.25, 0.3) is 0 Å². The molecule has 1 aromatic carbocycles. The first kappa shape index (κ1) is 14.6. The lowest BCUT2D eigenvalue weighted by molar-refractivity contribution is 0.0815. The zero-order chi connectivity index (χ0) is 15.4. The summed E-state index contributed by atoms with van der Waals surface area (Å²) in [6.07, 6.45) is 6.26. The number of carbonyl (C=O) groups excluding carboxylic acids is 1. The smallest absolute Gasteiger partial charge is 0.410 e. The van der Waals surface area contributed by atoms with Crippen LogP contribution in [0.25, 0.3) is 0 Å². The monoisotopic (exact) mass is 296 g/mol. The number of nitrogens with zero attached hydrogens (tertiary/aromatic N) is 2. The maximum Gasteiger partial charge on any atom is 0.410 e. The van der Waals surface area contributed by atoms with Crippen molar-refractivity contribution in [1.29, 1.82) is 5.26 Å². The Labute approximate surface area is 131 Å². The summed E-state index contributed by atoms with van der Waals surface area (Å²) in [6, 6.07) is 12.3. The first-order chi connectivity index (χ1) is 10.8. The minimum Gasteiger partial charge on any atom is -0.445 e. The number of amides is 1. The van der Waals surface area contributed by atoms with Gasteiger partial charge in [0.15, 0.2) is 0 Å². The average Bonchev–Trinajstić information content (AvgIpc) is 2.82. The molecule has 0 saturated carbocycles. The summed E-state index contributed by atoms with van der Waals surface area (Å²) < 4.78 is 5.47. The van der Waals surface area contributed by atoms with E-state index in [0.717, 1.165) is 31.2 Å². The Morgan fingerprint density at radius 3 is 2.86 bits per heavy atom. The maximum atomic E-state index is 12.4. The predicted octanol–water partition coefficient (Wildman–Crippen LogP) is 3.79. The number of hydrogen-bond donors (Lipinski definition) is 0. The number of benzene rings is 1. The normalized spacial score (nSPS) is 22.9. The van der Waals surface area contributed by atoms with Gasteiger partial charge in [-0.2, -0.15) is 5.26 Å². The van der Waals surface area contributed by atoms with Gasteiger partial charge in [-0.15, -0.1) is 0 Å². The van der Waals surface area contributed by atoms with Crippen molar-refractivity contribution >= 4 is 6.09 Å². The zero-order valence-corrected chi connectivity index (χ0v) is 12.6. The second-order valence-electron chi connectivity index (χ2n) is 5.93. The molecule has 1 saturated heterocycles. The van der Waals surface area contributed by atoms with Crippen molar-refractivity contribution in [2.24, 2.45) is 0 Å².